The van der Waals surface area contributed by atoms with E-state index in [0.29, 0.717) is 39.8 Å². The summed E-state index contributed by atoms with van der Waals surface area (Å²) in [4.78, 5) is 41.3. The number of rotatable bonds is 9. The van der Waals surface area contributed by atoms with E-state index in [4.69, 9.17) is 10.7 Å². The normalized spacial score (nSPS) is 14.4. The number of hydrogen-bond acceptors (Lipinski definition) is 9. The molecule has 0 spiro atoms. The van der Waals surface area contributed by atoms with Crippen LogP contribution in [0, 0.1) is 0 Å². The van der Waals surface area contributed by atoms with Gasteiger partial charge in [-0.15, -0.1) is 0 Å². The number of benzene rings is 3. The molecule has 0 bridgehead atoms. The molecule has 5 aromatic rings. The van der Waals surface area contributed by atoms with E-state index >= 15 is 0 Å². The summed E-state index contributed by atoms with van der Waals surface area (Å²) in [5.41, 5.74) is 10.6. The second kappa shape index (κ2) is 13.3. The Hall–Kier alpha value is -5.00. The first-order valence-electron chi connectivity index (χ1n) is 14.8. The van der Waals surface area contributed by atoms with E-state index in [2.05, 4.69) is 45.1 Å². The Morgan fingerprint density at radius 2 is 1.69 bits per heavy atom. The van der Waals surface area contributed by atoms with Gasteiger partial charge in [0.2, 0.25) is 5.91 Å². The fourth-order valence-electron chi connectivity index (χ4n) is 5.00. The molecule has 0 radical (unpaired) electrons. The van der Waals surface area contributed by atoms with Crippen LogP contribution in [0.4, 0.5) is 28.6 Å². The summed E-state index contributed by atoms with van der Waals surface area (Å²) in [6.07, 6.45) is 3.31. The van der Waals surface area contributed by atoms with Crippen LogP contribution in [0.5, 0.6) is 0 Å². The maximum Gasteiger partial charge on any atom is 0.255 e. The van der Waals surface area contributed by atoms with E-state index in [9.17, 15) is 9.59 Å². The van der Waals surface area contributed by atoms with Crippen LogP contribution in [-0.4, -0.2) is 39.4 Å². The fraction of sp³-hybridized carbons (Fsp3) is 0.206. The first-order valence-corrected chi connectivity index (χ1v) is 15.7. The average Bonchev–Trinajstić information content (AvgIpc) is 3.59. The summed E-state index contributed by atoms with van der Waals surface area (Å²) in [6.45, 7) is 5.03. The molecule has 10 nitrogen and oxygen atoms in total. The van der Waals surface area contributed by atoms with Crippen molar-refractivity contribution in [1.82, 2.24) is 20.3 Å². The van der Waals surface area contributed by atoms with Gasteiger partial charge in [-0.1, -0.05) is 25.6 Å². The van der Waals surface area contributed by atoms with Crippen LogP contribution in [0.2, 0.25) is 0 Å². The second-order valence-electron chi connectivity index (χ2n) is 11.2. The predicted molar refractivity (Wildman–Crippen MR) is 180 cm³/mol. The molecule has 3 heterocycles. The van der Waals surface area contributed by atoms with Gasteiger partial charge in [-0.3, -0.25) is 9.59 Å². The summed E-state index contributed by atoms with van der Waals surface area (Å²) in [5, 5.41) is 13.3. The number of carbonyl (C=O) groups excluding carboxylic acids is 2. The molecule has 2 amide bonds. The van der Waals surface area contributed by atoms with Crippen molar-refractivity contribution >= 4 is 63.2 Å². The lowest BCUT2D eigenvalue weighted by Gasteiger charge is -2.15. The van der Waals surface area contributed by atoms with Gasteiger partial charge in [0, 0.05) is 38.1 Å². The number of nitrogens with two attached hydrogens (primary N) is 1. The van der Waals surface area contributed by atoms with Gasteiger partial charge in [-0.2, -0.15) is 0 Å². The smallest absolute Gasteiger partial charge is 0.255 e. The van der Waals surface area contributed by atoms with Crippen molar-refractivity contribution < 1.29 is 9.59 Å². The number of nitrogen functional groups attached to an aromatic ring is 1. The lowest BCUT2D eigenvalue weighted by Crippen LogP contribution is -2.35. The highest BCUT2D eigenvalue weighted by Gasteiger charge is 2.22. The highest BCUT2D eigenvalue weighted by atomic mass is 32.2. The standard InChI is InChI=1S/C34H34N8O2S/c1-20(2)27-15-14-26-31(41-27)37-19-38-32(26)42-29-18-21(5-16-30(29)45-25-12-6-22(35)7-13-25)33(43)39-23-8-10-24(11-9-23)40-34(44)28-4-3-17-36-28/h5-16,18-20,28,36H,3-4,17,35H2,1-2H3,(H,39,43)(H,40,44)(H,37,38,41,42). The second-order valence-corrected chi connectivity index (χ2v) is 12.3. The molecule has 45 heavy (non-hydrogen) atoms. The van der Waals surface area contributed by atoms with E-state index in [1.165, 1.54) is 6.33 Å². The number of hydrogen-bond donors (Lipinski definition) is 5. The molecule has 1 atom stereocenters. The number of anilines is 5. The minimum absolute atomic E-state index is 0.0474. The number of carbonyl (C=O) groups is 2. The van der Waals surface area contributed by atoms with Crippen molar-refractivity contribution in [3.05, 3.63) is 96.4 Å². The Morgan fingerprint density at radius 1 is 0.933 bits per heavy atom. The molecule has 228 valence electrons. The number of nitrogens with one attached hydrogen (secondary N) is 4. The third-order valence-corrected chi connectivity index (χ3v) is 8.58. The van der Waals surface area contributed by atoms with Crippen molar-refractivity contribution in [2.75, 3.05) is 28.2 Å². The summed E-state index contributed by atoms with van der Waals surface area (Å²) in [7, 11) is 0. The lowest BCUT2D eigenvalue weighted by molar-refractivity contribution is -0.117. The molecule has 1 aliphatic heterocycles. The van der Waals surface area contributed by atoms with Crippen LogP contribution >= 0.6 is 11.8 Å². The average molecular weight is 619 g/mol. The van der Waals surface area contributed by atoms with Crippen LogP contribution in [0.15, 0.2) is 95.0 Å². The molecule has 1 aliphatic rings. The molecule has 6 rings (SSSR count). The third-order valence-electron chi connectivity index (χ3n) is 7.50. The molecule has 11 heteroatoms. The molecule has 6 N–H and O–H groups in total. The van der Waals surface area contributed by atoms with Crippen LogP contribution in [0.1, 0.15) is 48.7 Å². The zero-order chi connectivity index (χ0) is 31.3. The van der Waals surface area contributed by atoms with Crippen LogP contribution in [0.3, 0.4) is 0 Å². The van der Waals surface area contributed by atoms with Gasteiger partial charge < -0.3 is 27.0 Å². The highest BCUT2D eigenvalue weighted by molar-refractivity contribution is 7.99. The Balaban J connectivity index is 1.25. The van der Waals surface area contributed by atoms with E-state index in [1.807, 2.05) is 48.5 Å². The van der Waals surface area contributed by atoms with Crippen molar-refractivity contribution in [3.63, 3.8) is 0 Å². The SMILES string of the molecule is CC(C)c1ccc2c(Nc3cc(C(=O)Nc4ccc(NC(=O)C5CCCN5)cc4)ccc3Sc3ccc(N)cc3)ncnc2n1. The summed E-state index contributed by atoms with van der Waals surface area (Å²) >= 11 is 1.55. The van der Waals surface area contributed by atoms with Gasteiger partial charge in [-0.05, 0) is 104 Å². The number of aromatic nitrogens is 3. The van der Waals surface area contributed by atoms with Crippen molar-refractivity contribution in [3.8, 4) is 0 Å². The van der Waals surface area contributed by atoms with E-state index in [1.54, 1.807) is 42.1 Å². The van der Waals surface area contributed by atoms with Crippen molar-refractivity contribution in [2.24, 2.45) is 0 Å². The maximum atomic E-state index is 13.4. The zero-order valence-electron chi connectivity index (χ0n) is 25.0. The van der Waals surface area contributed by atoms with Crippen LogP contribution < -0.4 is 27.0 Å². The molecule has 3 aromatic carbocycles. The Kier molecular flexibility index (Phi) is 8.90. The minimum Gasteiger partial charge on any atom is -0.399 e. The topological polar surface area (TPSA) is 147 Å². The summed E-state index contributed by atoms with van der Waals surface area (Å²) < 4.78 is 0. The van der Waals surface area contributed by atoms with Gasteiger partial charge >= 0.3 is 0 Å². The third kappa shape index (κ3) is 7.22. The molecule has 1 fully saturated rings. The first-order chi connectivity index (χ1) is 21.8. The zero-order valence-corrected chi connectivity index (χ0v) is 25.8. The number of pyridine rings is 1. The van der Waals surface area contributed by atoms with Gasteiger partial charge in [0.05, 0.1) is 17.1 Å². The maximum absolute atomic E-state index is 13.4. The van der Waals surface area contributed by atoms with Crippen LogP contribution in [-0.2, 0) is 4.79 Å². The lowest BCUT2D eigenvalue weighted by atomic mass is 10.1. The van der Waals surface area contributed by atoms with Gasteiger partial charge in [0.15, 0.2) is 5.65 Å². The Labute approximate surface area is 265 Å². The van der Waals surface area contributed by atoms with Crippen molar-refractivity contribution in [1.29, 1.82) is 0 Å². The monoisotopic (exact) mass is 618 g/mol. The fourth-order valence-corrected chi connectivity index (χ4v) is 5.89. The van der Waals surface area contributed by atoms with E-state index in [0.717, 1.165) is 40.3 Å². The quantitative estimate of drug-likeness (QED) is 0.116. The largest absolute Gasteiger partial charge is 0.399 e. The molecule has 1 unspecified atom stereocenters. The highest BCUT2D eigenvalue weighted by Crippen LogP contribution is 2.37. The molecular weight excluding hydrogens is 584 g/mol. The Morgan fingerprint density at radius 3 is 2.40 bits per heavy atom. The number of nitrogens with zero attached hydrogens (tertiary/aromatic N) is 3. The predicted octanol–water partition coefficient (Wildman–Crippen LogP) is 6.57. The molecule has 0 saturated carbocycles. The number of fused-ring (bicyclic) bond motifs is 1. The molecule has 0 aliphatic carbocycles. The minimum atomic E-state index is -0.273. The van der Waals surface area contributed by atoms with Gasteiger partial charge in [-0.25, -0.2) is 15.0 Å². The van der Waals surface area contributed by atoms with Gasteiger partial charge in [0.1, 0.15) is 12.1 Å². The first kappa shape index (κ1) is 30.0. The van der Waals surface area contributed by atoms with E-state index < -0.39 is 0 Å². The Bertz CT molecular complexity index is 1840. The molecular formula is C34H34N8O2S. The van der Waals surface area contributed by atoms with Gasteiger partial charge in [0.25, 0.3) is 5.91 Å². The summed E-state index contributed by atoms with van der Waals surface area (Å²) in [5.74, 6) is 0.534. The molecule has 2 aromatic heterocycles. The summed E-state index contributed by atoms with van der Waals surface area (Å²) in [6, 6.07) is 24.0. The van der Waals surface area contributed by atoms with E-state index in [-0.39, 0.29) is 23.8 Å². The van der Waals surface area contributed by atoms with Crippen LogP contribution in [0.25, 0.3) is 11.0 Å². The molecule has 1 saturated heterocycles. The van der Waals surface area contributed by atoms with Crippen molar-refractivity contribution in [2.45, 2.75) is 48.4 Å². The number of amides is 2.